The van der Waals surface area contributed by atoms with Crippen LogP contribution in [0.5, 0.6) is 5.75 Å². The average molecular weight is 405 g/mol. The lowest BCUT2D eigenvalue weighted by Gasteiger charge is -2.16. The van der Waals surface area contributed by atoms with Gasteiger partial charge in [0.15, 0.2) is 0 Å². The third-order valence-electron chi connectivity index (χ3n) is 5.29. The molecule has 1 saturated carbocycles. The van der Waals surface area contributed by atoms with Crippen LogP contribution in [0, 0.1) is 0 Å². The Hall–Kier alpha value is -2.93. The molecule has 30 heavy (non-hydrogen) atoms. The van der Waals surface area contributed by atoms with E-state index in [1.165, 1.54) is 0 Å². The van der Waals surface area contributed by atoms with Gasteiger partial charge in [-0.1, -0.05) is 48.6 Å². The SMILES string of the molecule is CC(O)c1nccn1C(/C=C/c1ccc(-c2ccc(O[C@@H]3C[C@H]3N)cc2)cc1)CO. The Morgan fingerprint density at radius 3 is 2.37 bits per heavy atom. The van der Waals surface area contributed by atoms with Crippen LogP contribution in [-0.2, 0) is 0 Å². The Balaban J connectivity index is 1.43. The molecule has 3 aromatic rings. The number of rotatable bonds is 8. The van der Waals surface area contributed by atoms with E-state index >= 15 is 0 Å². The predicted octanol–water partition coefficient (Wildman–Crippen LogP) is 3.33. The minimum Gasteiger partial charge on any atom is -0.489 e. The van der Waals surface area contributed by atoms with Crippen molar-refractivity contribution in [1.29, 1.82) is 0 Å². The molecule has 2 aromatic carbocycles. The second-order valence-electron chi connectivity index (χ2n) is 7.68. The molecule has 1 fully saturated rings. The number of ether oxygens (including phenoxy) is 1. The van der Waals surface area contributed by atoms with Gasteiger partial charge in [-0.3, -0.25) is 0 Å². The van der Waals surface area contributed by atoms with Gasteiger partial charge in [0.2, 0.25) is 0 Å². The van der Waals surface area contributed by atoms with E-state index in [9.17, 15) is 10.2 Å². The zero-order valence-corrected chi connectivity index (χ0v) is 16.9. The number of aromatic nitrogens is 2. The first-order valence-corrected chi connectivity index (χ1v) is 10.2. The van der Waals surface area contributed by atoms with E-state index in [0.29, 0.717) is 5.82 Å². The molecular weight excluding hydrogens is 378 g/mol. The molecule has 1 aliphatic carbocycles. The molecule has 6 nitrogen and oxygen atoms in total. The number of hydrogen-bond donors (Lipinski definition) is 3. The van der Waals surface area contributed by atoms with Crippen molar-refractivity contribution < 1.29 is 14.9 Å². The summed E-state index contributed by atoms with van der Waals surface area (Å²) in [5.41, 5.74) is 9.05. The zero-order valence-electron chi connectivity index (χ0n) is 16.9. The monoisotopic (exact) mass is 405 g/mol. The number of hydrogen-bond acceptors (Lipinski definition) is 5. The topological polar surface area (TPSA) is 93.5 Å². The van der Waals surface area contributed by atoms with Crippen molar-refractivity contribution in [2.24, 2.45) is 5.73 Å². The third-order valence-corrected chi connectivity index (χ3v) is 5.29. The van der Waals surface area contributed by atoms with E-state index in [-0.39, 0.29) is 24.8 Å². The molecule has 0 spiro atoms. The number of aliphatic hydroxyl groups excluding tert-OH is 2. The maximum absolute atomic E-state index is 9.83. The smallest absolute Gasteiger partial charge is 0.137 e. The molecule has 0 amide bonds. The minimum absolute atomic E-state index is 0.0785. The molecule has 0 radical (unpaired) electrons. The van der Waals surface area contributed by atoms with Gasteiger partial charge < -0.3 is 25.3 Å². The standard InChI is InChI=1S/C24H27N3O3/c1-16(29)24-26-12-13-27(24)20(15-28)9-4-17-2-5-18(6-3-17)19-7-10-21(11-8-19)30-23-14-22(23)25/h2-13,16,20,22-23,28-29H,14-15,25H2,1H3/b9-4+/t16?,20?,22-,23-/m1/s1. The molecule has 1 aliphatic rings. The van der Waals surface area contributed by atoms with Crippen molar-refractivity contribution in [3.63, 3.8) is 0 Å². The Labute approximate surface area is 176 Å². The van der Waals surface area contributed by atoms with Crippen LogP contribution < -0.4 is 10.5 Å². The summed E-state index contributed by atoms with van der Waals surface area (Å²) in [6, 6.07) is 16.1. The summed E-state index contributed by atoms with van der Waals surface area (Å²) >= 11 is 0. The first-order chi connectivity index (χ1) is 14.5. The molecule has 1 aromatic heterocycles. The van der Waals surface area contributed by atoms with Crippen molar-refractivity contribution in [3.05, 3.63) is 78.4 Å². The summed E-state index contributed by atoms with van der Waals surface area (Å²) in [4.78, 5) is 4.17. The molecule has 156 valence electrons. The third kappa shape index (κ3) is 4.62. The highest BCUT2D eigenvalue weighted by atomic mass is 16.5. The van der Waals surface area contributed by atoms with Crippen molar-refractivity contribution in [2.45, 2.75) is 37.6 Å². The van der Waals surface area contributed by atoms with Crippen LogP contribution in [-0.4, -0.2) is 38.5 Å². The van der Waals surface area contributed by atoms with E-state index < -0.39 is 6.10 Å². The summed E-state index contributed by atoms with van der Waals surface area (Å²) in [7, 11) is 0. The maximum Gasteiger partial charge on any atom is 0.137 e. The number of aliphatic hydroxyl groups is 2. The fourth-order valence-electron chi connectivity index (χ4n) is 3.40. The molecule has 0 aliphatic heterocycles. The van der Waals surface area contributed by atoms with Gasteiger partial charge in [0.05, 0.1) is 12.6 Å². The quantitative estimate of drug-likeness (QED) is 0.534. The normalized spacial score (nSPS) is 20.3. The zero-order chi connectivity index (χ0) is 21.1. The first-order valence-electron chi connectivity index (χ1n) is 10.2. The highest BCUT2D eigenvalue weighted by Crippen LogP contribution is 2.28. The fourth-order valence-corrected chi connectivity index (χ4v) is 3.40. The maximum atomic E-state index is 9.83. The number of nitrogens with two attached hydrogens (primary N) is 1. The Kier molecular flexibility index (Phi) is 5.99. The Morgan fingerprint density at radius 2 is 1.80 bits per heavy atom. The molecule has 0 bridgehead atoms. The highest BCUT2D eigenvalue weighted by Gasteiger charge is 2.35. The minimum atomic E-state index is -0.695. The first kappa shape index (κ1) is 20.3. The summed E-state index contributed by atoms with van der Waals surface area (Å²) in [6.07, 6.45) is 7.66. The van der Waals surface area contributed by atoms with E-state index in [0.717, 1.165) is 28.9 Å². The Morgan fingerprint density at radius 1 is 1.17 bits per heavy atom. The number of imidazole rings is 1. The van der Waals surface area contributed by atoms with E-state index in [1.807, 2.05) is 48.6 Å². The number of benzene rings is 2. The van der Waals surface area contributed by atoms with Crippen LogP contribution in [0.2, 0.25) is 0 Å². The second kappa shape index (κ2) is 8.83. The molecule has 4 N–H and O–H groups in total. The molecule has 4 rings (SSSR count). The lowest BCUT2D eigenvalue weighted by atomic mass is 10.0. The van der Waals surface area contributed by atoms with Crippen LogP contribution in [0.25, 0.3) is 17.2 Å². The second-order valence-corrected chi connectivity index (χ2v) is 7.68. The lowest BCUT2D eigenvalue weighted by molar-refractivity contribution is 0.175. The Bertz CT molecular complexity index is 993. The van der Waals surface area contributed by atoms with Gasteiger partial charge in [0, 0.05) is 24.9 Å². The summed E-state index contributed by atoms with van der Waals surface area (Å²) in [5.74, 6) is 1.38. The van der Waals surface area contributed by atoms with Crippen molar-refractivity contribution in [1.82, 2.24) is 9.55 Å². The molecule has 6 heteroatoms. The van der Waals surface area contributed by atoms with Crippen molar-refractivity contribution in [2.75, 3.05) is 6.61 Å². The van der Waals surface area contributed by atoms with Crippen molar-refractivity contribution in [3.8, 4) is 16.9 Å². The van der Waals surface area contributed by atoms with E-state index in [2.05, 4.69) is 17.1 Å². The van der Waals surface area contributed by atoms with E-state index in [1.54, 1.807) is 23.9 Å². The average Bonchev–Trinajstić information content (AvgIpc) is 3.24. The largest absolute Gasteiger partial charge is 0.489 e. The van der Waals surface area contributed by atoms with Crippen LogP contribution in [0.1, 0.15) is 36.9 Å². The van der Waals surface area contributed by atoms with Gasteiger partial charge in [-0.2, -0.15) is 0 Å². The van der Waals surface area contributed by atoms with Gasteiger partial charge in [0.1, 0.15) is 23.8 Å². The molecule has 2 unspecified atom stereocenters. The highest BCUT2D eigenvalue weighted by molar-refractivity contribution is 5.66. The molecule has 0 saturated heterocycles. The molecular formula is C24H27N3O3. The van der Waals surface area contributed by atoms with Gasteiger partial charge in [-0.05, 0) is 35.7 Å². The summed E-state index contributed by atoms with van der Waals surface area (Å²) in [6.45, 7) is 1.58. The fraction of sp³-hybridized carbons (Fsp3) is 0.292. The van der Waals surface area contributed by atoms with Gasteiger partial charge >= 0.3 is 0 Å². The number of nitrogens with zero attached hydrogens (tertiary/aromatic N) is 2. The van der Waals surface area contributed by atoms with Gasteiger partial charge in [-0.25, -0.2) is 4.98 Å². The van der Waals surface area contributed by atoms with Crippen LogP contribution in [0.15, 0.2) is 67.0 Å². The molecule has 4 atom stereocenters. The molecule has 1 heterocycles. The van der Waals surface area contributed by atoms with Gasteiger partial charge in [0.25, 0.3) is 0 Å². The van der Waals surface area contributed by atoms with Crippen LogP contribution >= 0.6 is 0 Å². The lowest BCUT2D eigenvalue weighted by Crippen LogP contribution is -2.14. The summed E-state index contributed by atoms with van der Waals surface area (Å²) in [5, 5.41) is 19.6. The van der Waals surface area contributed by atoms with Crippen LogP contribution in [0.4, 0.5) is 0 Å². The predicted molar refractivity (Wildman–Crippen MR) is 117 cm³/mol. The summed E-state index contributed by atoms with van der Waals surface area (Å²) < 4.78 is 7.57. The van der Waals surface area contributed by atoms with E-state index in [4.69, 9.17) is 10.5 Å². The van der Waals surface area contributed by atoms with Gasteiger partial charge in [-0.15, -0.1) is 0 Å². The van der Waals surface area contributed by atoms with Crippen molar-refractivity contribution >= 4 is 6.08 Å². The van der Waals surface area contributed by atoms with Crippen LogP contribution in [0.3, 0.4) is 0 Å².